The van der Waals surface area contributed by atoms with Gasteiger partial charge in [-0.1, -0.05) is 11.6 Å². The largest absolute Gasteiger partial charge is 0.497 e. The number of benzene rings is 2. The van der Waals surface area contributed by atoms with E-state index in [0.29, 0.717) is 60.2 Å². The van der Waals surface area contributed by atoms with Gasteiger partial charge in [-0.15, -0.1) is 0 Å². The Labute approximate surface area is 277 Å². The molecule has 5 rings (SSSR count). The van der Waals surface area contributed by atoms with Crippen molar-refractivity contribution in [3.8, 4) is 11.5 Å². The molecule has 1 unspecified atom stereocenters. The zero-order chi connectivity index (χ0) is 33.7. The Kier molecular flexibility index (Phi) is 10.6. The molecule has 47 heavy (non-hydrogen) atoms. The first-order valence-electron chi connectivity index (χ1n) is 15.1. The van der Waals surface area contributed by atoms with Crippen LogP contribution in [0.1, 0.15) is 25.0 Å². The van der Waals surface area contributed by atoms with Gasteiger partial charge in [-0.3, -0.25) is 10.1 Å². The number of imidazole rings is 1. The number of aromatic nitrogens is 3. The standard InChI is InChI=1S/C32H38ClN7O7/c1-20(17-46-18-22-10-24(12-25(11-22)40(42)43)38-8-9-47-21(2)15-38)35-32(41)39-19-34-30-27(14-29(33)36-31(30)39)37(3)16-23-6-7-26(44-4)13-28(23)45-5/h6-7,10-14,19-21H,8-9,15-18H2,1-5H3,(H,35,41)/t20-,21?/m1/s1. The van der Waals surface area contributed by atoms with Crippen molar-refractivity contribution in [3.63, 3.8) is 0 Å². The lowest BCUT2D eigenvalue weighted by molar-refractivity contribution is -0.384. The molecule has 0 bridgehead atoms. The minimum Gasteiger partial charge on any atom is -0.497 e. The summed E-state index contributed by atoms with van der Waals surface area (Å²) < 4.78 is 23.6. The number of carbonyl (C=O) groups is 1. The maximum Gasteiger partial charge on any atom is 0.328 e. The number of carbonyl (C=O) groups excluding carboxylic acids is 1. The molecule has 15 heteroatoms. The van der Waals surface area contributed by atoms with Crippen molar-refractivity contribution in [3.05, 3.63) is 75.2 Å². The number of nitro benzene ring substituents is 1. The van der Waals surface area contributed by atoms with Crippen LogP contribution in [-0.4, -0.2) is 85.2 Å². The molecule has 2 atom stereocenters. The lowest BCUT2D eigenvalue weighted by Crippen LogP contribution is -2.41. The Balaban J connectivity index is 1.24. The number of nitro groups is 1. The minimum atomic E-state index is -0.456. The van der Waals surface area contributed by atoms with Crippen LogP contribution in [-0.2, 0) is 22.6 Å². The monoisotopic (exact) mass is 667 g/mol. The first-order chi connectivity index (χ1) is 22.6. The first-order valence-corrected chi connectivity index (χ1v) is 15.4. The zero-order valence-electron chi connectivity index (χ0n) is 26.9. The van der Waals surface area contributed by atoms with E-state index in [1.165, 1.54) is 17.0 Å². The number of non-ortho nitro benzene ring substituents is 1. The third kappa shape index (κ3) is 8.02. The molecule has 3 heterocycles. The molecule has 250 valence electrons. The number of pyridine rings is 1. The molecule has 1 saturated heterocycles. The number of nitrogens with one attached hydrogen (secondary N) is 1. The molecule has 2 aromatic carbocycles. The van der Waals surface area contributed by atoms with Crippen LogP contribution >= 0.6 is 11.6 Å². The fourth-order valence-electron chi connectivity index (χ4n) is 5.46. The summed E-state index contributed by atoms with van der Waals surface area (Å²) in [6, 6.07) is 11.4. The maximum absolute atomic E-state index is 13.3. The molecule has 0 spiro atoms. The van der Waals surface area contributed by atoms with Gasteiger partial charge in [-0.2, -0.15) is 0 Å². The summed E-state index contributed by atoms with van der Waals surface area (Å²) in [5.41, 5.74) is 3.81. The van der Waals surface area contributed by atoms with E-state index in [1.54, 1.807) is 33.3 Å². The molecule has 14 nitrogen and oxygen atoms in total. The Morgan fingerprint density at radius 2 is 2.04 bits per heavy atom. The second-order valence-corrected chi connectivity index (χ2v) is 11.8. The molecule has 4 aromatic rings. The summed E-state index contributed by atoms with van der Waals surface area (Å²) >= 11 is 6.41. The van der Waals surface area contributed by atoms with Gasteiger partial charge in [0.2, 0.25) is 0 Å². The molecular weight excluding hydrogens is 630 g/mol. The molecule has 1 N–H and O–H groups in total. The van der Waals surface area contributed by atoms with E-state index in [2.05, 4.69) is 20.2 Å². The Hall–Kier alpha value is -4.66. The van der Waals surface area contributed by atoms with Crippen LogP contribution in [0.5, 0.6) is 11.5 Å². The number of fused-ring (bicyclic) bond motifs is 1. The van der Waals surface area contributed by atoms with Crippen LogP contribution in [0.4, 0.5) is 21.9 Å². The van der Waals surface area contributed by atoms with Crippen molar-refractivity contribution in [2.75, 3.05) is 57.4 Å². The number of morpholine rings is 1. The summed E-state index contributed by atoms with van der Waals surface area (Å²) in [5.74, 6) is 1.36. The number of methoxy groups -OCH3 is 2. The number of anilines is 2. The first kappa shape index (κ1) is 33.7. The maximum atomic E-state index is 13.3. The SMILES string of the molecule is COc1ccc(CN(C)c2cc(Cl)nc3c2ncn3C(=O)N[C@H](C)COCc2cc(N3CCOC(C)C3)cc([N+](=O)[O-])c2)c(OC)c1. The van der Waals surface area contributed by atoms with E-state index in [9.17, 15) is 14.9 Å². The van der Waals surface area contributed by atoms with Gasteiger partial charge in [-0.05, 0) is 37.6 Å². The number of ether oxygens (including phenoxy) is 4. The summed E-state index contributed by atoms with van der Waals surface area (Å²) in [4.78, 5) is 37.4. The third-order valence-corrected chi connectivity index (χ3v) is 7.96. The lowest BCUT2D eigenvalue weighted by Gasteiger charge is -2.33. The minimum absolute atomic E-state index is 0.00658. The molecule has 1 aliphatic heterocycles. The number of nitrogens with zero attached hydrogens (tertiary/aromatic N) is 6. The van der Waals surface area contributed by atoms with Gasteiger partial charge in [0.1, 0.15) is 28.5 Å². The number of halogens is 1. The van der Waals surface area contributed by atoms with Crippen LogP contribution in [0.15, 0.2) is 48.8 Å². The normalized spacial score (nSPS) is 15.4. The molecular formula is C32H38ClN7O7. The van der Waals surface area contributed by atoms with Gasteiger partial charge >= 0.3 is 6.03 Å². The van der Waals surface area contributed by atoms with Crippen LogP contribution in [0.3, 0.4) is 0 Å². The molecule has 0 saturated carbocycles. The molecule has 1 fully saturated rings. The van der Waals surface area contributed by atoms with E-state index in [0.717, 1.165) is 11.3 Å². The van der Waals surface area contributed by atoms with Crippen LogP contribution < -0.4 is 24.6 Å². The van der Waals surface area contributed by atoms with E-state index in [1.807, 2.05) is 43.1 Å². The summed E-state index contributed by atoms with van der Waals surface area (Å²) in [6.07, 6.45) is 1.43. The van der Waals surface area contributed by atoms with Crippen molar-refractivity contribution in [1.29, 1.82) is 0 Å². The molecule has 0 radical (unpaired) electrons. The van der Waals surface area contributed by atoms with Gasteiger partial charge in [0.15, 0.2) is 5.65 Å². The Morgan fingerprint density at radius 3 is 2.77 bits per heavy atom. The van der Waals surface area contributed by atoms with Crippen molar-refractivity contribution >= 4 is 45.9 Å². The van der Waals surface area contributed by atoms with Crippen LogP contribution in [0.2, 0.25) is 5.15 Å². The highest BCUT2D eigenvalue weighted by Gasteiger charge is 2.22. The molecule has 1 aliphatic rings. The van der Waals surface area contributed by atoms with E-state index in [-0.39, 0.29) is 30.2 Å². The second kappa shape index (κ2) is 14.8. The highest BCUT2D eigenvalue weighted by atomic mass is 35.5. The number of rotatable bonds is 12. The highest BCUT2D eigenvalue weighted by molar-refractivity contribution is 6.30. The van der Waals surface area contributed by atoms with Gasteiger partial charge in [0.05, 0.1) is 56.8 Å². The van der Waals surface area contributed by atoms with Crippen molar-refractivity contribution in [1.82, 2.24) is 19.9 Å². The van der Waals surface area contributed by atoms with E-state index >= 15 is 0 Å². The number of amides is 1. The average molecular weight is 668 g/mol. The van der Waals surface area contributed by atoms with Gasteiger partial charge in [0.25, 0.3) is 5.69 Å². The smallest absolute Gasteiger partial charge is 0.328 e. The molecule has 0 aliphatic carbocycles. The molecule has 2 aromatic heterocycles. The zero-order valence-corrected chi connectivity index (χ0v) is 27.7. The van der Waals surface area contributed by atoms with Gasteiger partial charge in [-0.25, -0.2) is 19.3 Å². The number of hydrogen-bond acceptors (Lipinski definition) is 11. The van der Waals surface area contributed by atoms with Crippen molar-refractivity contribution in [2.45, 2.75) is 39.1 Å². The summed E-state index contributed by atoms with van der Waals surface area (Å²) in [7, 11) is 5.08. The summed E-state index contributed by atoms with van der Waals surface area (Å²) in [5, 5.41) is 14.7. The third-order valence-electron chi connectivity index (χ3n) is 7.77. The van der Waals surface area contributed by atoms with E-state index in [4.69, 9.17) is 30.5 Å². The lowest BCUT2D eigenvalue weighted by atomic mass is 10.1. The predicted octanol–water partition coefficient (Wildman–Crippen LogP) is 5.03. The van der Waals surface area contributed by atoms with Crippen molar-refractivity contribution < 1.29 is 28.7 Å². The number of hydrogen-bond donors (Lipinski definition) is 1. The molecule has 1 amide bonds. The van der Waals surface area contributed by atoms with E-state index < -0.39 is 17.0 Å². The topological polar surface area (TPSA) is 146 Å². The predicted molar refractivity (Wildman–Crippen MR) is 178 cm³/mol. The fraction of sp³-hybridized carbons (Fsp3) is 0.406. The average Bonchev–Trinajstić information content (AvgIpc) is 3.48. The highest BCUT2D eigenvalue weighted by Crippen LogP contribution is 2.31. The Morgan fingerprint density at radius 1 is 1.23 bits per heavy atom. The second-order valence-electron chi connectivity index (χ2n) is 11.4. The van der Waals surface area contributed by atoms with Gasteiger partial charge in [0, 0.05) is 62.2 Å². The van der Waals surface area contributed by atoms with Crippen LogP contribution in [0, 0.1) is 10.1 Å². The summed E-state index contributed by atoms with van der Waals surface area (Å²) in [6.45, 7) is 6.37. The Bertz CT molecular complexity index is 1750. The quantitative estimate of drug-likeness (QED) is 0.123. The van der Waals surface area contributed by atoms with Crippen molar-refractivity contribution in [2.24, 2.45) is 0 Å². The van der Waals surface area contributed by atoms with Crippen LogP contribution in [0.25, 0.3) is 11.2 Å². The van der Waals surface area contributed by atoms with Gasteiger partial charge < -0.3 is 34.1 Å². The fourth-order valence-corrected chi connectivity index (χ4v) is 5.65.